The van der Waals surface area contributed by atoms with Crippen LogP contribution in [0.4, 0.5) is 19.7 Å². The van der Waals surface area contributed by atoms with Gasteiger partial charge in [-0.25, -0.2) is 18.8 Å². The van der Waals surface area contributed by atoms with E-state index in [9.17, 15) is 18.8 Å². The maximum atomic E-state index is 14.8. The van der Waals surface area contributed by atoms with Gasteiger partial charge in [-0.2, -0.15) is 0 Å². The fourth-order valence-electron chi connectivity index (χ4n) is 3.40. The Labute approximate surface area is 184 Å². The van der Waals surface area contributed by atoms with Gasteiger partial charge >= 0.3 is 18.1 Å². The summed E-state index contributed by atoms with van der Waals surface area (Å²) in [6.45, 7) is 0.716. The Morgan fingerprint density at radius 2 is 1.72 bits per heavy atom. The number of carboxylic acid groups (broad SMARTS) is 1. The summed E-state index contributed by atoms with van der Waals surface area (Å²) in [5.41, 5.74) is 0.766. The highest BCUT2D eigenvalue weighted by atomic mass is 19.1. The largest absolute Gasteiger partial charge is 0.497 e. The van der Waals surface area contributed by atoms with Crippen molar-refractivity contribution >= 4 is 23.8 Å². The minimum absolute atomic E-state index is 0.0674. The number of urea groups is 1. The quantitative estimate of drug-likeness (QED) is 0.711. The lowest BCUT2D eigenvalue weighted by atomic mass is 10.1. The predicted octanol–water partition coefficient (Wildman–Crippen LogP) is 3.04. The van der Waals surface area contributed by atoms with Crippen molar-refractivity contribution in [2.45, 2.75) is 6.54 Å². The first-order valence-corrected chi connectivity index (χ1v) is 9.89. The van der Waals surface area contributed by atoms with Crippen molar-refractivity contribution in [3.8, 4) is 5.75 Å². The topological polar surface area (TPSA) is 99.6 Å². The number of rotatable bonds is 5. The molecule has 3 rings (SSSR count). The van der Waals surface area contributed by atoms with Gasteiger partial charge < -0.3 is 24.4 Å². The van der Waals surface area contributed by atoms with E-state index in [4.69, 9.17) is 9.84 Å². The van der Waals surface area contributed by atoms with Crippen molar-refractivity contribution < 1.29 is 33.4 Å². The second-order valence-corrected chi connectivity index (χ2v) is 7.12. The average Bonchev–Trinajstić information content (AvgIpc) is 2.82. The molecule has 10 heteroatoms. The molecule has 0 bridgehead atoms. The molecular weight excluding hydrogens is 421 g/mol. The van der Waals surface area contributed by atoms with Gasteiger partial charge in [0.1, 0.15) is 11.6 Å². The molecular formula is C22H24FN3O6. The van der Waals surface area contributed by atoms with Gasteiger partial charge in [0.15, 0.2) is 0 Å². The van der Waals surface area contributed by atoms with E-state index >= 15 is 0 Å². The number of nitrogens with zero attached hydrogens (tertiary/aromatic N) is 3. The summed E-state index contributed by atoms with van der Waals surface area (Å²) < 4.78 is 24.6. The van der Waals surface area contributed by atoms with Gasteiger partial charge in [-0.15, -0.1) is 0 Å². The Bertz CT molecular complexity index is 1010. The third kappa shape index (κ3) is 5.08. The molecule has 170 valence electrons. The fourth-order valence-corrected chi connectivity index (χ4v) is 3.40. The van der Waals surface area contributed by atoms with Crippen molar-refractivity contribution in [3.63, 3.8) is 0 Å². The average molecular weight is 445 g/mol. The first kappa shape index (κ1) is 22.9. The lowest BCUT2D eigenvalue weighted by Crippen LogP contribution is -2.53. The van der Waals surface area contributed by atoms with Crippen molar-refractivity contribution in [2.75, 3.05) is 45.3 Å². The molecule has 0 spiro atoms. The van der Waals surface area contributed by atoms with Crippen LogP contribution in [0.25, 0.3) is 0 Å². The number of ether oxygens (including phenoxy) is 2. The van der Waals surface area contributed by atoms with E-state index in [1.54, 1.807) is 24.3 Å². The Morgan fingerprint density at radius 3 is 2.31 bits per heavy atom. The highest BCUT2D eigenvalue weighted by Gasteiger charge is 2.29. The number of carbonyl (C=O) groups excluding carboxylic acids is 2. The smallest absolute Gasteiger partial charge is 0.407 e. The number of halogens is 1. The molecule has 32 heavy (non-hydrogen) atoms. The standard InChI is InChI=1S/C22H24FN3O6/c1-31-18-5-3-4-17(13-18)26(21(28)24-8-10-25(11-9-24)22(29)30)14-16-7-6-15(12-19(16)23)20(27)32-2/h3-7,12-13H,8-11,14H2,1-2H3,(H,29,30). The summed E-state index contributed by atoms with van der Waals surface area (Å²) in [5.74, 6) is -0.783. The van der Waals surface area contributed by atoms with E-state index in [-0.39, 0.29) is 49.9 Å². The van der Waals surface area contributed by atoms with Gasteiger partial charge in [0, 0.05) is 43.5 Å². The Hall–Kier alpha value is -3.82. The van der Waals surface area contributed by atoms with Gasteiger partial charge in [0.05, 0.1) is 26.3 Å². The summed E-state index contributed by atoms with van der Waals surface area (Å²) in [6, 6.07) is 10.4. The number of hydrogen-bond acceptors (Lipinski definition) is 5. The van der Waals surface area contributed by atoms with E-state index in [2.05, 4.69) is 4.74 Å². The number of anilines is 1. The van der Waals surface area contributed by atoms with Gasteiger partial charge in [-0.05, 0) is 24.3 Å². The Kier molecular flexibility index (Phi) is 7.14. The summed E-state index contributed by atoms with van der Waals surface area (Å²) in [5, 5.41) is 9.14. The van der Waals surface area contributed by atoms with Gasteiger partial charge in [0.25, 0.3) is 0 Å². The van der Waals surface area contributed by atoms with Crippen LogP contribution >= 0.6 is 0 Å². The molecule has 0 saturated carbocycles. The van der Waals surface area contributed by atoms with Crippen LogP contribution in [0.2, 0.25) is 0 Å². The van der Waals surface area contributed by atoms with E-state index in [0.717, 1.165) is 6.07 Å². The molecule has 0 unspecified atom stereocenters. The van der Waals surface area contributed by atoms with E-state index in [1.807, 2.05) is 0 Å². The van der Waals surface area contributed by atoms with Crippen molar-refractivity contribution in [1.29, 1.82) is 0 Å². The lowest BCUT2D eigenvalue weighted by Gasteiger charge is -2.36. The molecule has 1 N–H and O–H groups in total. The van der Waals surface area contributed by atoms with Crippen molar-refractivity contribution in [2.24, 2.45) is 0 Å². The fraction of sp³-hybridized carbons (Fsp3) is 0.318. The minimum atomic E-state index is -1.03. The molecule has 3 amide bonds. The zero-order valence-corrected chi connectivity index (χ0v) is 17.8. The SMILES string of the molecule is COC(=O)c1ccc(CN(C(=O)N2CCN(C(=O)O)CC2)c2cccc(OC)c2)c(F)c1. The van der Waals surface area contributed by atoms with Crippen LogP contribution in [-0.2, 0) is 11.3 Å². The molecule has 0 aliphatic carbocycles. The monoisotopic (exact) mass is 445 g/mol. The molecule has 2 aromatic rings. The molecule has 0 atom stereocenters. The molecule has 0 aromatic heterocycles. The predicted molar refractivity (Wildman–Crippen MR) is 113 cm³/mol. The first-order chi connectivity index (χ1) is 15.3. The van der Waals surface area contributed by atoms with Crippen LogP contribution in [0, 0.1) is 5.82 Å². The summed E-state index contributed by atoms with van der Waals surface area (Å²) in [7, 11) is 2.71. The van der Waals surface area contributed by atoms with Crippen LogP contribution in [0.15, 0.2) is 42.5 Å². The van der Waals surface area contributed by atoms with Crippen LogP contribution < -0.4 is 9.64 Å². The second-order valence-electron chi connectivity index (χ2n) is 7.12. The minimum Gasteiger partial charge on any atom is -0.497 e. The van der Waals surface area contributed by atoms with Crippen LogP contribution in [0.1, 0.15) is 15.9 Å². The zero-order chi connectivity index (χ0) is 23.3. The van der Waals surface area contributed by atoms with E-state index in [1.165, 1.54) is 41.1 Å². The molecule has 1 aliphatic heterocycles. The number of methoxy groups -OCH3 is 2. The number of benzene rings is 2. The molecule has 1 heterocycles. The van der Waals surface area contributed by atoms with E-state index < -0.39 is 17.9 Å². The highest BCUT2D eigenvalue weighted by molar-refractivity contribution is 5.92. The lowest BCUT2D eigenvalue weighted by molar-refractivity contribution is 0.0600. The van der Waals surface area contributed by atoms with Gasteiger partial charge in [0.2, 0.25) is 0 Å². The molecule has 1 fully saturated rings. The van der Waals surface area contributed by atoms with Crippen molar-refractivity contribution in [1.82, 2.24) is 9.80 Å². The number of piperazine rings is 1. The third-order valence-electron chi connectivity index (χ3n) is 5.22. The number of carbonyl (C=O) groups is 3. The second kappa shape index (κ2) is 9.99. The zero-order valence-electron chi connectivity index (χ0n) is 17.8. The molecule has 9 nitrogen and oxygen atoms in total. The molecule has 2 aromatic carbocycles. The molecule has 0 radical (unpaired) electrons. The van der Waals surface area contributed by atoms with Crippen LogP contribution in [0.3, 0.4) is 0 Å². The maximum Gasteiger partial charge on any atom is 0.407 e. The normalized spacial score (nSPS) is 13.5. The molecule has 1 aliphatic rings. The molecule has 1 saturated heterocycles. The van der Waals surface area contributed by atoms with Crippen LogP contribution in [0.5, 0.6) is 5.75 Å². The Balaban J connectivity index is 1.89. The third-order valence-corrected chi connectivity index (χ3v) is 5.22. The van der Waals surface area contributed by atoms with Gasteiger partial charge in [-0.3, -0.25) is 4.90 Å². The summed E-state index contributed by atoms with van der Waals surface area (Å²) in [4.78, 5) is 40.3. The summed E-state index contributed by atoms with van der Waals surface area (Å²) in [6.07, 6.45) is -1.03. The van der Waals surface area contributed by atoms with Crippen molar-refractivity contribution in [3.05, 3.63) is 59.4 Å². The Morgan fingerprint density at radius 1 is 1.03 bits per heavy atom. The number of hydrogen-bond donors (Lipinski definition) is 1. The van der Waals surface area contributed by atoms with Crippen LogP contribution in [-0.4, -0.2) is 73.4 Å². The highest BCUT2D eigenvalue weighted by Crippen LogP contribution is 2.25. The van der Waals surface area contributed by atoms with E-state index in [0.29, 0.717) is 11.4 Å². The summed E-state index contributed by atoms with van der Waals surface area (Å²) >= 11 is 0. The maximum absolute atomic E-state index is 14.8. The number of esters is 1. The van der Waals surface area contributed by atoms with Gasteiger partial charge in [-0.1, -0.05) is 12.1 Å². The number of amides is 3. The first-order valence-electron chi connectivity index (χ1n) is 9.89.